The Hall–Kier alpha value is -3.55. The normalized spacial score (nSPS) is 18.4. The van der Waals surface area contributed by atoms with Crippen molar-refractivity contribution in [1.29, 1.82) is 0 Å². The molecule has 0 spiro atoms. The average Bonchev–Trinajstić information content (AvgIpc) is 2.96. The van der Waals surface area contributed by atoms with Gasteiger partial charge in [-0.15, -0.1) is 0 Å². The molecular weight excluding hydrogens is 374 g/mol. The molecule has 0 aromatic heterocycles. The Balaban J connectivity index is 1.72. The van der Waals surface area contributed by atoms with Gasteiger partial charge in [0.15, 0.2) is 11.5 Å². The van der Waals surface area contributed by atoms with Gasteiger partial charge in [0.2, 0.25) is 5.91 Å². The average molecular weight is 397 g/mol. The van der Waals surface area contributed by atoms with E-state index in [1.807, 2.05) is 30.3 Å². The van der Waals surface area contributed by atoms with Gasteiger partial charge in [-0.1, -0.05) is 36.4 Å². The Kier molecular flexibility index (Phi) is 5.72. The second-order valence-corrected chi connectivity index (χ2v) is 6.78. The first-order valence-electron chi connectivity index (χ1n) is 9.06. The van der Waals surface area contributed by atoms with Gasteiger partial charge in [-0.05, 0) is 30.2 Å². The fourth-order valence-corrected chi connectivity index (χ4v) is 3.18. The fourth-order valence-electron chi connectivity index (χ4n) is 3.18. The number of hydrogen-bond acceptors (Lipinski definition) is 5. The number of rotatable bonds is 7. The minimum absolute atomic E-state index is 0.316. The highest BCUT2D eigenvalue weighted by molar-refractivity contribution is 6.09. The molecule has 0 saturated carbocycles. The van der Waals surface area contributed by atoms with Crippen LogP contribution in [0.1, 0.15) is 18.1 Å². The molecule has 29 heavy (non-hydrogen) atoms. The van der Waals surface area contributed by atoms with Crippen LogP contribution in [0.4, 0.5) is 4.79 Å². The lowest BCUT2D eigenvalue weighted by molar-refractivity contribution is -0.134. The van der Waals surface area contributed by atoms with Crippen LogP contribution in [0.3, 0.4) is 0 Å². The summed E-state index contributed by atoms with van der Waals surface area (Å²) >= 11 is 0. The molecule has 0 radical (unpaired) electrons. The van der Waals surface area contributed by atoms with Crippen molar-refractivity contribution < 1.29 is 23.9 Å². The Bertz CT molecular complexity index is 931. The molecule has 0 aliphatic carbocycles. The van der Waals surface area contributed by atoms with Gasteiger partial charge in [-0.3, -0.25) is 14.5 Å². The van der Waals surface area contributed by atoms with E-state index in [2.05, 4.69) is 10.6 Å². The van der Waals surface area contributed by atoms with Gasteiger partial charge in [0.25, 0.3) is 5.91 Å². The maximum atomic E-state index is 13.0. The molecule has 0 bridgehead atoms. The van der Waals surface area contributed by atoms with Crippen LogP contribution in [0, 0.1) is 0 Å². The number of hydrogen-bond donors (Lipinski definition) is 2. The van der Waals surface area contributed by atoms with Gasteiger partial charge < -0.3 is 20.1 Å². The first-order chi connectivity index (χ1) is 13.9. The molecule has 2 aromatic rings. The summed E-state index contributed by atoms with van der Waals surface area (Å²) in [6, 6.07) is 13.7. The summed E-state index contributed by atoms with van der Waals surface area (Å²) in [7, 11) is 3.00. The van der Waals surface area contributed by atoms with Crippen LogP contribution < -0.4 is 20.1 Å². The first-order valence-corrected chi connectivity index (χ1v) is 9.06. The predicted molar refractivity (Wildman–Crippen MR) is 105 cm³/mol. The van der Waals surface area contributed by atoms with Crippen molar-refractivity contribution in [3.63, 3.8) is 0 Å². The molecule has 3 rings (SSSR count). The molecular formula is C21H23N3O5. The number of carbonyl (C=O) groups is 3. The lowest BCUT2D eigenvalue weighted by atomic mass is 9.91. The number of methoxy groups -OCH3 is 2. The molecule has 152 valence electrons. The number of nitrogens with zero attached hydrogens (tertiary/aromatic N) is 1. The second kappa shape index (κ2) is 8.22. The van der Waals surface area contributed by atoms with Crippen LogP contribution in [-0.2, 0) is 21.7 Å². The summed E-state index contributed by atoms with van der Waals surface area (Å²) in [6.07, 6.45) is 0. The predicted octanol–water partition coefficient (Wildman–Crippen LogP) is 1.79. The molecule has 8 nitrogen and oxygen atoms in total. The molecule has 2 N–H and O–H groups in total. The lowest BCUT2D eigenvalue weighted by Crippen LogP contribution is -2.43. The SMILES string of the molecule is COc1ccc([C@]2(C)NC(=O)N(CC(=O)NCc3ccccc3)C2=O)cc1OC. The van der Waals surface area contributed by atoms with E-state index in [0.717, 1.165) is 10.5 Å². The van der Waals surface area contributed by atoms with Crippen molar-refractivity contribution >= 4 is 17.8 Å². The topological polar surface area (TPSA) is 97.0 Å². The van der Waals surface area contributed by atoms with E-state index in [1.54, 1.807) is 25.1 Å². The highest BCUT2D eigenvalue weighted by Gasteiger charge is 2.49. The number of carbonyl (C=O) groups excluding carboxylic acids is 3. The molecule has 1 aliphatic rings. The first kappa shape index (κ1) is 20.2. The van der Waals surface area contributed by atoms with Crippen LogP contribution in [0.2, 0.25) is 0 Å². The van der Waals surface area contributed by atoms with Gasteiger partial charge in [0, 0.05) is 6.54 Å². The van der Waals surface area contributed by atoms with E-state index < -0.39 is 23.4 Å². The van der Waals surface area contributed by atoms with Gasteiger partial charge in [-0.2, -0.15) is 0 Å². The standard InChI is InChI=1S/C21H23N3O5/c1-21(15-9-10-16(28-2)17(11-15)29-3)19(26)24(20(27)23-21)13-18(25)22-12-14-7-5-4-6-8-14/h4-11H,12-13H2,1-3H3,(H,22,25)(H,23,27)/t21-/m0/s1. The highest BCUT2D eigenvalue weighted by atomic mass is 16.5. The van der Waals surface area contributed by atoms with Crippen molar-refractivity contribution in [3.8, 4) is 11.5 Å². The molecule has 0 unspecified atom stereocenters. The zero-order valence-corrected chi connectivity index (χ0v) is 16.5. The number of benzene rings is 2. The van der Waals surface area contributed by atoms with Gasteiger partial charge in [0.05, 0.1) is 14.2 Å². The number of ether oxygens (including phenoxy) is 2. The molecule has 4 amide bonds. The maximum Gasteiger partial charge on any atom is 0.325 e. The van der Waals surface area contributed by atoms with E-state index in [1.165, 1.54) is 14.2 Å². The molecule has 1 saturated heterocycles. The summed E-state index contributed by atoms with van der Waals surface area (Å²) in [4.78, 5) is 38.6. The zero-order chi connectivity index (χ0) is 21.0. The molecule has 2 aromatic carbocycles. The Labute approximate surface area is 168 Å². The summed E-state index contributed by atoms with van der Waals surface area (Å²) < 4.78 is 10.5. The van der Waals surface area contributed by atoms with Crippen LogP contribution in [0.15, 0.2) is 48.5 Å². The second-order valence-electron chi connectivity index (χ2n) is 6.78. The van der Waals surface area contributed by atoms with Crippen LogP contribution in [0.25, 0.3) is 0 Å². The van der Waals surface area contributed by atoms with Crippen molar-refractivity contribution in [2.75, 3.05) is 20.8 Å². The quantitative estimate of drug-likeness (QED) is 0.695. The van der Waals surface area contributed by atoms with Crippen molar-refractivity contribution in [1.82, 2.24) is 15.5 Å². The lowest BCUT2D eigenvalue weighted by Gasteiger charge is -2.23. The third-order valence-electron chi connectivity index (χ3n) is 4.87. The molecule has 1 heterocycles. The molecule has 1 fully saturated rings. The van der Waals surface area contributed by atoms with E-state index in [4.69, 9.17) is 9.47 Å². The number of amides is 4. The molecule has 8 heteroatoms. The smallest absolute Gasteiger partial charge is 0.325 e. The van der Waals surface area contributed by atoms with Crippen molar-refractivity contribution in [2.45, 2.75) is 19.0 Å². The fraction of sp³-hybridized carbons (Fsp3) is 0.286. The van der Waals surface area contributed by atoms with Crippen molar-refractivity contribution in [2.24, 2.45) is 0 Å². The van der Waals surface area contributed by atoms with Gasteiger partial charge in [0.1, 0.15) is 12.1 Å². The van der Waals surface area contributed by atoms with E-state index in [0.29, 0.717) is 23.6 Å². The highest BCUT2D eigenvalue weighted by Crippen LogP contribution is 2.35. The summed E-state index contributed by atoms with van der Waals surface area (Å²) in [5.41, 5.74) is 0.144. The monoisotopic (exact) mass is 397 g/mol. The minimum atomic E-state index is -1.31. The number of imide groups is 1. The van der Waals surface area contributed by atoms with Crippen molar-refractivity contribution in [3.05, 3.63) is 59.7 Å². The largest absolute Gasteiger partial charge is 0.493 e. The molecule has 1 aliphatic heterocycles. The van der Waals surface area contributed by atoms with Gasteiger partial charge in [-0.25, -0.2) is 4.79 Å². The number of nitrogens with one attached hydrogen (secondary N) is 2. The maximum absolute atomic E-state index is 13.0. The van der Waals surface area contributed by atoms with E-state index >= 15 is 0 Å². The third-order valence-corrected chi connectivity index (χ3v) is 4.87. The summed E-state index contributed by atoms with van der Waals surface area (Å²) in [5.74, 6) is 0.0135. The Morgan fingerprint density at radius 2 is 1.76 bits per heavy atom. The number of urea groups is 1. The summed E-state index contributed by atoms with van der Waals surface area (Å²) in [5, 5.41) is 5.39. The third kappa shape index (κ3) is 4.01. The Morgan fingerprint density at radius 3 is 2.41 bits per heavy atom. The van der Waals surface area contributed by atoms with Crippen LogP contribution >= 0.6 is 0 Å². The van der Waals surface area contributed by atoms with Crippen LogP contribution in [-0.4, -0.2) is 43.5 Å². The molecule has 1 atom stereocenters. The Morgan fingerprint density at radius 1 is 1.07 bits per heavy atom. The van der Waals surface area contributed by atoms with Crippen LogP contribution in [0.5, 0.6) is 11.5 Å². The van der Waals surface area contributed by atoms with Gasteiger partial charge >= 0.3 is 6.03 Å². The van der Waals surface area contributed by atoms with E-state index in [9.17, 15) is 14.4 Å². The van der Waals surface area contributed by atoms with E-state index in [-0.39, 0.29) is 6.54 Å². The zero-order valence-electron chi connectivity index (χ0n) is 16.5. The minimum Gasteiger partial charge on any atom is -0.493 e. The summed E-state index contributed by atoms with van der Waals surface area (Å²) in [6.45, 7) is 1.55.